The summed E-state index contributed by atoms with van der Waals surface area (Å²) in [5.41, 5.74) is 2.33. The molecule has 1 N–H and O–H groups in total. The highest BCUT2D eigenvalue weighted by Gasteiger charge is 2.02. The molecular weight excluding hydrogens is 198 g/mol. The predicted octanol–water partition coefficient (Wildman–Crippen LogP) is 3.14. The fourth-order valence-electron chi connectivity index (χ4n) is 1.69. The molecule has 1 aromatic rings. The van der Waals surface area contributed by atoms with Crippen LogP contribution in [0.2, 0.25) is 0 Å². The number of hydrogen-bond acceptors (Lipinski definition) is 3. The molecule has 0 unspecified atom stereocenters. The molecule has 0 spiro atoms. The zero-order chi connectivity index (χ0) is 11.8. The highest BCUT2D eigenvalue weighted by Crippen LogP contribution is 2.21. The number of aromatic nitrogens is 1. The summed E-state index contributed by atoms with van der Waals surface area (Å²) in [6, 6.07) is 2.04. The van der Waals surface area contributed by atoms with E-state index in [1.54, 1.807) is 0 Å². The monoisotopic (exact) mass is 221 g/mol. The van der Waals surface area contributed by atoms with Gasteiger partial charge in [-0.3, -0.25) is 4.98 Å². The molecule has 0 aliphatic rings. The van der Waals surface area contributed by atoms with E-state index in [9.17, 15) is 0 Å². The third kappa shape index (κ3) is 4.09. The third-order valence-corrected chi connectivity index (χ3v) is 2.63. The number of unbranched alkanes of at least 4 members (excludes halogenated alkanes) is 3. The molecule has 16 heavy (non-hydrogen) atoms. The maximum absolute atomic E-state index is 4.15. The molecule has 0 radical (unpaired) electrons. The van der Waals surface area contributed by atoms with E-state index in [2.05, 4.69) is 36.2 Å². The molecule has 0 aliphatic heterocycles. The van der Waals surface area contributed by atoms with Crippen LogP contribution in [-0.2, 0) is 0 Å². The van der Waals surface area contributed by atoms with Crippen LogP contribution >= 0.6 is 0 Å². The molecule has 0 fully saturated rings. The Morgan fingerprint density at radius 2 is 2.06 bits per heavy atom. The van der Waals surface area contributed by atoms with Crippen LogP contribution in [0.1, 0.15) is 32.6 Å². The van der Waals surface area contributed by atoms with Crippen LogP contribution in [0.4, 0.5) is 11.4 Å². The van der Waals surface area contributed by atoms with Gasteiger partial charge in [0, 0.05) is 26.8 Å². The summed E-state index contributed by atoms with van der Waals surface area (Å²) in [7, 11) is 4.11. The fraction of sp³-hybridized carbons (Fsp3) is 0.615. The first-order valence-electron chi connectivity index (χ1n) is 6.11. The molecule has 0 saturated carbocycles. The van der Waals surface area contributed by atoms with Crippen molar-refractivity contribution in [1.29, 1.82) is 0 Å². The van der Waals surface area contributed by atoms with E-state index < -0.39 is 0 Å². The van der Waals surface area contributed by atoms with E-state index in [1.165, 1.54) is 31.4 Å². The second-order valence-electron chi connectivity index (χ2n) is 4.27. The van der Waals surface area contributed by atoms with Gasteiger partial charge in [-0.1, -0.05) is 26.2 Å². The second-order valence-corrected chi connectivity index (χ2v) is 4.27. The number of rotatable bonds is 7. The molecule has 0 atom stereocenters. The summed E-state index contributed by atoms with van der Waals surface area (Å²) in [6.07, 6.45) is 8.88. The Morgan fingerprint density at radius 3 is 2.75 bits per heavy atom. The van der Waals surface area contributed by atoms with Crippen LogP contribution in [0.3, 0.4) is 0 Å². The maximum Gasteiger partial charge on any atom is 0.0764 e. The molecule has 0 saturated heterocycles. The van der Waals surface area contributed by atoms with Crippen molar-refractivity contribution in [2.24, 2.45) is 0 Å². The minimum Gasteiger partial charge on any atom is -0.382 e. The Hall–Kier alpha value is -1.25. The molecule has 3 nitrogen and oxygen atoms in total. The minimum absolute atomic E-state index is 1.03. The zero-order valence-corrected chi connectivity index (χ0v) is 10.7. The van der Waals surface area contributed by atoms with Crippen molar-refractivity contribution < 1.29 is 0 Å². The molecule has 90 valence electrons. The van der Waals surface area contributed by atoms with Crippen molar-refractivity contribution in [2.75, 3.05) is 30.9 Å². The molecule has 3 heteroatoms. The van der Waals surface area contributed by atoms with Crippen molar-refractivity contribution >= 4 is 11.4 Å². The average molecular weight is 221 g/mol. The van der Waals surface area contributed by atoms with Crippen molar-refractivity contribution in [2.45, 2.75) is 32.6 Å². The van der Waals surface area contributed by atoms with Crippen molar-refractivity contribution in [3.8, 4) is 0 Å². The van der Waals surface area contributed by atoms with Gasteiger partial charge in [0.25, 0.3) is 0 Å². The summed E-state index contributed by atoms with van der Waals surface area (Å²) in [5.74, 6) is 0. The van der Waals surface area contributed by atoms with Gasteiger partial charge in [-0.2, -0.15) is 0 Å². The highest BCUT2D eigenvalue weighted by atomic mass is 15.1. The number of hydrogen-bond donors (Lipinski definition) is 1. The van der Waals surface area contributed by atoms with Crippen molar-refractivity contribution in [3.63, 3.8) is 0 Å². The van der Waals surface area contributed by atoms with Crippen molar-refractivity contribution in [3.05, 3.63) is 18.5 Å². The van der Waals surface area contributed by atoms with Crippen molar-refractivity contribution in [1.82, 2.24) is 4.98 Å². The lowest BCUT2D eigenvalue weighted by molar-refractivity contribution is 0.685. The third-order valence-electron chi connectivity index (χ3n) is 2.63. The molecule has 0 aliphatic carbocycles. The maximum atomic E-state index is 4.15. The van der Waals surface area contributed by atoms with E-state index in [-0.39, 0.29) is 0 Å². The van der Waals surface area contributed by atoms with Gasteiger partial charge in [0.15, 0.2) is 0 Å². The van der Waals surface area contributed by atoms with Crippen LogP contribution in [0.5, 0.6) is 0 Å². The van der Waals surface area contributed by atoms with Gasteiger partial charge < -0.3 is 10.2 Å². The van der Waals surface area contributed by atoms with Crippen LogP contribution in [0.25, 0.3) is 0 Å². The summed E-state index contributed by atoms with van der Waals surface area (Å²) in [4.78, 5) is 6.26. The van der Waals surface area contributed by atoms with Gasteiger partial charge in [0.1, 0.15) is 0 Å². The lowest BCUT2D eigenvalue weighted by atomic mass is 10.2. The Balaban J connectivity index is 2.41. The van der Waals surface area contributed by atoms with Crippen LogP contribution < -0.4 is 10.2 Å². The molecule has 1 aromatic heterocycles. The van der Waals surface area contributed by atoms with Gasteiger partial charge in [0.2, 0.25) is 0 Å². The second kappa shape index (κ2) is 7.09. The standard InChI is InChI=1S/C13H23N3/c1-4-5-6-7-9-15-12-11-14-10-8-13(12)16(2)3/h8,10-11,15H,4-7,9H2,1-3H3. The van der Waals surface area contributed by atoms with Gasteiger partial charge in [-0.05, 0) is 12.5 Å². The van der Waals surface area contributed by atoms with E-state index >= 15 is 0 Å². The van der Waals surface area contributed by atoms with E-state index in [4.69, 9.17) is 0 Å². The van der Waals surface area contributed by atoms with Gasteiger partial charge in [0.05, 0.1) is 17.6 Å². The number of pyridine rings is 1. The lowest BCUT2D eigenvalue weighted by Crippen LogP contribution is -2.13. The Kier molecular flexibility index (Phi) is 5.68. The van der Waals surface area contributed by atoms with Crippen LogP contribution in [0.15, 0.2) is 18.5 Å². The summed E-state index contributed by atoms with van der Waals surface area (Å²) < 4.78 is 0. The molecular formula is C13H23N3. The fourth-order valence-corrected chi connectivity index (χ4v) is 1.69. The zero-order valence-electron chi connectivity index (χ0n) is 10.7. The van der Waals surface area contributed by atoms with Gasteiger partial charge in [-0.15, -0.1) is 0 Å². The van der Waals surface area contributed by atoms with Gasteiger partial charge in [-0.25, -0.2) is 0 Å². The Morgan fingerprint density at radius 1 is 1.25 bits per heavy atom. The summed E-state index contributed by atoms with van der Waals surface area (Å²) in [6.45, 7) is 3.27. The number of nitrogens with zero attached hydrogens (tertiary/aromatic N) is 2. The first-order chi connectivity index (χ1) is 7.75. The average Bonchev–Trinajstić information content (AvgIpc) is 2.29. The largest absolute Gasteiger partial charge is 0.382 e. The topological polar surface area (TPSA) is 28.2 Å². The van der Waals surface area contributed by atoms with Crippen LogP contribution in [-0.4, -0.2) is 25.6 Å². The Labute approximate surface area is 98.9 Å². The number of nitrogens with one attached hydrogen (secondary N) is 1. The summed E-state index contributed by atoms with van der Waals surface area (Å²) in [5, 5.41) is 3.45. The molecule has 0 bridgehead atoms. The van der Waals surface area contributed by atoms with E-state index in [0.717, 1.165) is 12.2 Å². The summed E-state index contributed by atoms with van der Waals surface area (Å²) >= 11 is 0. The van der Waals surface area contributed by atoms with E-state index in [0.29, 0.717) is 0 Å². The highest BCUT2D eigenvalue weighted by molar-refractivity contribution is 5.67. The molecule has 0 aromatic carbocycles. The van der Waals surface area contributed by atoms with Gasteiger partial charge >= 0.3 is 0 Å². The molecule has 1 heterocycles. The van der Waals surface area contributed by atoms with E-state index in [1.807, 2.05) is 18.5 Å². The molecule has 0 amide bonds. The first kappa shape index (κ1) is 12.8. The first-order valence-corrected chi connectivity index (χ1v) is 6.11. The Bertz CT molecular complexity index is 297. The van der Waals surface area contributed by atoms with Crippen LogP contribution in [0, 0.1) is 0 Å². The minimum atomic E-state index is 1.03. The lowest BCUT2D eigenvalue weighted by Gasteiger charge is -2.17. The normalized spacial score (nSPS) is 10.2. The number of anilines is 2. The molecule has 1 rings (SSSR count). The predicted molar refractivity (Wildman–Crippen MR) is 71.2 cm³/mol. The SMILES string of the molecule is CCCCCCNc1cnccc1N(C)C. The quantitative estimate of drug-likeness (QED) is 0.717. The smallest absolute Gasteiger partial charge is 0.0764 e.